The van der Waals surface area contributed by atoms with Crippen LogP contribution in [-0.4, -0.2) is 29.5 Å². The summed E-state index contributed by atoms with van der Waals surface area (Å²) >= 11 is 0. The van der Waals surface area contributed by atoms with Gasteiger partial charge >= 0.3 is 6.18 Å². The highest BCUT2D eigenvalue weighted by Crippen LogP contribution is 2.42. The van der Waals surface area contributed by atoms with Gasteiger partial charge in [-0.05, 0) is 50.9 Å². The van der Waals surface area contributed by atoms with E-state index in [4.69, 9.17) is 10.5 Å². The molecule has 1 aromatic heterocycles. The number of nitrogens with two attached hydrogens (primary N) is 1. The summed E-state index contributed by atoms with van der Waals surface area (Å²) in [5.74, 6) is -2.72. The Morgan fingerprint density at radius 3 is 2.50 bits per heavy atom. The van der Waals surface area contributed by atoms with Crippen LogP contribution in [0.4, 0.5) is 27.6 Å². The number of nitrogens with one attached hydrogen (secondary N) is 1. The molecule has 3 rings (SSSR count). The van der Waals surface area contributed by atoms with E-state index in [-0.39, 0.29) is 17.0 Å². The van der Waals surface area contributed by atoms with Crippen LogP contribution in [0.15, 0.2) is 12.1 Å². The lowest BCUT2D eigenvalue weighted by atomic mass is 9.84. The standard InChI is InChI=1S/C22H24F5N3O2/c1-4-13(9-21(3)5-6-29-21)32-20-12(10-31)7-15(23)19(30-20)14-8-16(28)18(24)11(2)17(14)22(25,26)27/h7-8,10,13,29H,4-6,9,28H2,1-3H3. The number of alkyl halides is 3. The quantitative estimate of drug-likeness (QED) is 0.346. The summed E-state index contributed by atoms with van der Waals surface area (Å²) in [5, 5.41) is 3.28. The van der Waals surface area contributed by atoms with Crippen LogP contribution in [0.1, 0.15) is 54.6 Å². The molecule has 5 nitrogen and oxygen atoms in total. The Morgan fingerprint density at radius 1 is 1.34 bits per heavy atom. The minimum absolute atomic E-state index is 0.170. The van der Waals surface area contributed by atoms with E-state index < -0.39 is 52.0 Å². The fourth-order valence-electron chi connectivity index (χ4n) is 3.88. The Labute approximate surface area is 182 Å². The molecule has 2 atom stereocenters. The van der Waals surface area contributed by atoms with Gasteiger partial charge in [-0.1, -0.05) is 6.92 Å². The number of benzene rings is 1. The normalized spacial score (nSPS) is 19.4. The number of nitrogen functional groups attached to an aromatic ring is 1. The van der Waals surface area contributed by atoms with E-state index in [0.29, 0.717) is 25.2 Å². The molecule has 2 unspecified atom stereocenters. The average molecular weight is 457 g/mol. The van der Waals surface area contributed by atoms with Crippen molar-refractivity contribution in [1.29, 1.82) is 0 Å². The van der Waals surface area contributed by atoms with Gasteiger partial charge < -0.3 is 15.8 Å². The third kappa shape index (κ3) is 4.55. The Balaban J connectivity index is 2.12. The van der Waals surface area contributed by atoms with Crippen molar-refractivity contribution < 1.29 is 31.5 Å². The minimum atomic E-state index is -5.00. The number of rotatable bonds is 7. The van der Waals surface area contributed by atoms with Gasteiger partial charge in [0.2, 0.25) is 5.88 Å². The van der Waals surface area contributed by atoms with Crippen molar-refractivity contribution in [1.82, 2.24) is 10.3 Å². The van der Waals surface area contributed by atoms with E-state index in [1.165, 1.54) is 0 Å². The van der Waals surface area contributed by atoms with E-state index in [1.807, 2.05) is 13.8 Å². The number of aldehydes is 1. The lowest BCUT2D eigenvalue weighted by Crippen LogP contribution is -2.56. The molecule has 1 fully saturated rings. The van der Waals surface area contributed by atoms with Gasteiger partial charge in [-0.15, -0.1) is 0 Å². The molecule has 3 N–H and O–H groups in total. The monoisotopic (exact) mass is 457 g/mol. The van der Waals surface area contributed by atoms with Crippen molar-refractivity contribution in [3.8, 4) is 17.1 Å². The van der Waals surface area contributed by atoms with Gasteiger partial charge in [0.25, 0.3) is 0 Å². The molecule has 0 amide bonds. The van der Waals surface area contributed by atoms with Gasteiger partial charge in [0, 0.05) is 17.5 Å². The second kappa shape index (κ2) is 8.65. The van der Waals surface area contributed by atoms with Crippen molar-refractivity contribution in [2.45, 2.75) is 57.9 Å². The number of halogens is 5. The number of aromatic nitrogens is 1. The van der Waals surface area contributed by atoms with Gasteiger partial charge in [-0.25, -0.2) is 13.8 Å². The first kappa shape index (κ1) is 23.9. The Bertz CT molecular complexity index is 1040. The van der Waals surface area contributed by atoms with Crippen molar-refractivity contribution in [3.05, 3.63) is 40.5 Å². The fourth-order valence-corrected chi connectivity index (χ4v) is 3.88. The number of hydrogen-bond acceptors (Lipinski definition) is 5. The highest BCUT2D eigenvalue weighted by molar-refractivity contribution is 5.81. The Morgan fingerprint density at radius 2 is 2.00 bits per heavy atom. The SMILES string of the molecule is CCC(CC1(C)CCN1)Oc1nc(-c2cc(N)c(F)c(C)c2C(F)(F)F)c(F)cc1C=O. The molecule has 32 heavy (non-hydrogen) atoms. The van der Waals surface area contributed by atoms with E-state index >= 15 is 0 Å². The van der Waals surface area contributed by atoms with Gasteiger partial charge in [0.1, 0.15) is 23.4 Å². The molecule has 10 heteroatoms. The molecule has 0 radical (unpaired) electrons. The number of hydrogen-bond donors (Lipinski definition) is 2. The average Bonchev–Trinajstić information content (AvgIpc) is 2.69. The maximum atomic E-state index is 14.8. The number of carbonyl (C=O) groups excluding carboxylic acids is 1. The van der Waals surface area contributed by atoms with Gasteiger partial charge in [-0.2, -0.15) is 13.2 Å². The third-order valence-corrected chi connectivity index (χ3v) is 5.80. The zero-order chi connectivity index (χ0) is 23.8. The first-order valence-electron chi connectivity index (χ1n) is 10.1. The number of carbonyl (C=O) groups is 1. The highest BCUT2D eigenvalue weighted by Gasteiger charge is 2.39. The van der Waals surface area contributed by atoms with Crippen LogP contribution in [0, 0.1) is 18.6 Å². The van der Waals surface area contributed by atoms with Crippen LogP contribution in [-0.2, 0) is 6.18 Å². The summed E-state index contributed by atoms with van der Waals surface area (Å²) in [6.07, 6.45) is -3.09. The highest BCUT2D eigenvalue weighted by atomic mass is 19.4. The smallest absolute Gasteiger partial charge is 0.417 e. The molecule has 0 aliphatic carbocycles. The number of nitrogens with zero attached hydrogens (tertiary/aromatic N) is 1. The van der Waals surface area contributed by atoms with Crippen LogP contribution in [0.5, 0.6) is 5.88 Å². The van der Waals surface area contributed by atoms with Gasteiger partial charge in [0.05, 0.1) is 16.8 Å². The van der Waals surface area contributed by atoms with E-state index in [0.717, 1.165) is 26.0 Å². The molecular weight excluding hydrogens is 433 g/mol. The topological polar surface area (TPSA) is 77.2 Å². The van der Waals surface area contributed by atoms with Crippen molar-refractivity contribution in [3.63, 3.8) is 0 Å². The number of pyridine rings is 1. The number of anilines is 1. The Kier molecular flexibility index (Phi) is 6.46. The largest absolute Gasteiger partial charge is 0.474 e. The van der Waals surface area contributed by atoms with Crippen LogP contribution >= 0.6 is 0 Å². The van der Waals surface area contributed by atoms with E-state index in [2.05, 4.69) is 10.3 Å². The van der Waals surface area contributed by atoms with E-state index in [9.17, 15) is 26.7 Å². The second-order valence-corrected chi connectivity index (χ2v) is 8.25. The molecule has 1 aromatic carbocycles. The minimum Gasteiger partial charge on any atom is -0.474 e. The van der Waals surface area contributed by atoms with Crippen LogP contribution in [0.25, 0.3) is 11.3 Å². The lowest BCUT2D eigenvalue weighted by Gasteiger charge is -2.42. The van der Waals surface area contributed by atoms with Crippen molar-refractivity contribution in [2.75, 3.05) is 12.3 Å². The molecular formula is C22H24F5N3O2. The molecule has 2 heterocycles. The molecule has 0 spiro atoms. The summed E-state index contributed by atoms with van der Waals surface area (Å²) < 4.78 is 75.9. The maximum absolute atomic E-state index is 14.8. The second-order valence-electron chi connectivity index (χ2n) is 8.25. The molecule has 0 saturated carbocycles. The molecule has 1 aliphatic heterocycles. The lowest BCUT2D eigenvalue weighted by molar-refractivity contribution is -0.137. The third-order valence-electron chi connectivity index (χ3n) is 5.80. The molecule has 2 aromatic rings. The zero-order valence-electron chi connectivity index (χ0n) is 17.9. The first-order valence-corrected chi connectivity index (χ1v) is 10.1. The Hall–Kier alpha value is -2.75. The van der Waals surface area contributed by atoms with E-state index in [1.54, 1.807) is 0 Å². The van der Waals surface area contributed by atoms with Gasteiger partial charge in [-0.3, -0.25) is 4.79 Å². The van der Waals surface area contributed by atoms with Crippen LogP contribution in [0.3, 0.4) is 0 Å². The van der Waals surface area contributed by atoms with Gasteiger partial charge in [0.15, 0.2) is 6.29 Å². The summed E-state index contributed by atoms with van der Waals surface area (Å²) in [6, 6.07) is 1.45. The van der Waals surface area contributed by atoms with Crippen LogP contribution < -0.4 is 15.8 Å². The summed E-state index contributed by atoms with van der Waals surface area (Å²) in [5.41, 5.74) is 0.917. The fraction of sp³-hybridized carbons (Fsp3) is 0.455. The van der Waals surface area contributed by atoms with Crippen molar-refractivity contribution in [2.24, 2.45) is 0 Å². The first-order chi connectivity index (χ1) is 14.9. The predicted octanol–water partition coefficient (Wildman–Crippen LogP) is 5.05. The number of ether oxygens (including phenoxy) is 1. The molecule has 0 bridgehead atoms. The summed E-state index contributed by atoms with van der Waals surface area (Å²) in [7, 11) is 0. The molecule has 1 aliphatic rings. The molecule has 1 saturated heterocycles. The predicted molar refractivity (Wildman–Crippen MR) is 109 cm³/mol. The summed E-state index contributed by atoms with van der Waals surface area (Å²) in [6.45, 7) is 5.62. The zero-order valence-corrected chi connectivity index (χ0v) is 17.9. The van der Waals surface area contributed by atoms with Crippen molar-refractivity contribution >= 4 is 12.0 Å². The summed E-state index contributed by atoms with van der Waals surface area (Å²) in [4.78, 5) is 15.4. The molecule has 174 valence electrons. The van der Waals surface area contributed by atoms with Crippen LogP contribution in [0.2, 0.25) is 0 Å². The maximum Gasteiger partial charge on any atom is 0.417 e.